The van der Waals surface area contributed by atoms with E-state index in [2.05, 4.69) is 25.5 Å². The fourth-order valence-corrected chi connectivity index (χ4v) is 3.63. The molecule has 7 heteroatoms. The fourth-order valence-electron chi connectivity index (χ4n) is 3.63. The van der Waals surface area contributed by atoms with Crippen LogP contribution < -0.4 is 10.2 Å². The van der Waals surface area contributed by atoms with E-state index < -0.39 is 0 Å². The van der Waals surface area contributed by atoms with Gasteiger partial charge in [0.15, 0.2) is 11.6 Å². The summed E-state index contributed by atoms with van der Waals surface area (Å²) in [5.74, 6) is 0.519. The maximum absolute atomic E-state index is 14.0. The predicted molar refractivity (Wildman–Crippen MR) is 90.6 cm³/mol. The molecule has 6 nitrogen and oxygen atoms in total. The first-order valence-corrected chi connectivity index (χ1v) is 8.87. The van der Waals surface area contributed by atoms with Gasteiger partial charge in [0.05, 0.1) is 18.4 Å². The number of rotatable bonds is 4. The summed E-state index contributed by atoms with van der Waals surface area (Å²) in [4.78, 5) is 10.4. The lowest BCUT2D eigenvalue weighted by Gasteiger charge is -2.17. The van der Waals surface area contributed by atoms with Gasteiger partial charge in [-0.1, -0.05) is 6.42 Å². The first-order chi connectivity index (χ1) is 11.8. The highest BCUT2D eigenvalue weighted by Crippen LogP contribution is 2.24. The second kappa shape index (κ2) is 6.75. The summed E-state index contributed by atoms with van der Waals surface area (Å²) in [5.41, 5.74) is 3.63. The number of halogens is 1. The highest BCUT2D eigenvalue weighted by atomic mass is 19.1. The normalized spacial score (nSPS) is 17.6. The molecule has 0 unspecified atom stereocenters. The van der Waals surface area contributed by atoms with Crippen LogP contribution in [-0.4, -0.2) is 33.3 Å². The summed E-state index contributed by atoms with van der Waals surface area (Å²) in [6, 6.07) is 0. The smallest absolute Gasteiger partial charge is 0.225 e. The van der Waals surface area contributed by atoms with E-state index >= 15 is 0 Å². The van der Waals surface area contributed by atoms with Crippen molar-refractivity contribution in [3.63, 3.8) is 0 Å². The lowest BCUT2D eigenvalue weighted by Crippen LogP contribution is -2.21. The van der Waals surface area contributed by atoms with Gasteiger partial charge in [0, 0.05) is 18.8 Å². The van der Waals surface area contributed by atoms with E-state index in [1.165, 1.54) is 36.7 Å². The molecule has 2 aliphatic rings. The van der Waals surface area contributed by atoms with Crippen LogP contribution in [0, 0.1) is 5.82 Å². The van der Waals surface area contributed by atoms with E-state index in [0.717, 1.165) is 44.5 Å². The van der Waals surface area contributed by atoms with E-state index in [1.54, 1.807) is 0 Å². The second-order valence-corrected chi connectivity index (χ2v) is 6.60. The van der Waals surface area contributed by atoms with Crippen molar-refractivity contribution >= 4 is 11.8 Å². The summed E-state index contributed by atoms with van der Waals surface area (Å²) in [7, 11) is 0. The summed E-state index contributed by atoms with van der Waals surface area (Å²) in [6.07, 6.45) is 9.30. The van der Waals surface area contributed by atoms with Crippen molar-refractivity contribution in [2.45, 2.75) is 51.5 Å². The molecule has 4 rings (SSSR count). The van der Waals surface area contributed by atoms with Crippen molar-refractivity contribution in [2.75, 3.05) is 23.3 Å². The van der Waals surface area contributed by atoms with E-state index in [-0.39, 0.29) is 5.82 Å². The number of hydrogen-bond donors (Lipinski definition) is 2. The van der Waals surface area contributed by atoms with Crippen LogP contribution in [-0.2, 0) is 19.4 Å². The van der Waals surface area contributed by atoms with Gasteiger partial charge in [0.2, 0.25) is 5.95 Å². The van der Waals surface area contributed by atoms with Gasteiger partial charge in [0.25, 0.3) is 0 Å². The average Bonchev–Trinajstić information content (AvgIpc) is 3.19. The Morgan fingerprint density at radius 3 is 2.83 bits per heavy atom. The molecule has 0 bridgehead atoms. The molecule has 0 atom stereocenters. The summed E-state index contributed by atoms with van der Waals surface area (Å²) in [6.45, 7) is 2.29. The Morgan fingerprint density at radius 2 is 1.96 bits per heavy atom. The molecule has 0 spiro atoms. The van der Waals surface area contributed by atoms with E-state index in [4.69, 9.17) is 0 Å². The third kappa shape index (κ3) is 3.07. The molecule has 128 valence electrons. The van der Waals surface area contributed by atoms with E-state index in [0.29, 0.717) is 18.3 Å². The number of aromatic amines is 1. The van der Waals surface area contributed by atoms with Crippen LogP contribution in [0.5, 0.6) is 0 Å². The molecule has 3 heterocycles. The van der Waals surface area contributed by atoms with Crippen molar-refractivity contribution < 1.29 is 4.39 Å². The Kier molecular flexibility index (Phi) is 4.32. The van der Waals surface area contributed by atoms with Crippen LogP contribution in [0.3, 0.4) is 0 Å². The van der Waals surface area contributed by atoms with Gasteiger partial charge in [-0.25, -0.2) is 9.37 Å². The van der Waals surface area contributed by atoms with Gasteiger partial charge < -0.3 is 10.2 Å². The van der Waals surface area contributed by atoms with Gasteiger partial charge in [-0.2, -0.15) is 10.1 Å². The maximum Gasteiger partial charge on any atom is 0.225 e. The fraction of sp³-hybridized carbons (Fsp3) is 0.588. The quantitative estimate of drug-likeness (QED) is 0.844. The summed E-state index contributed by atoms with van der Waals surface area (Å²) < 4.78 is 14.0. The van der Waals surface area contributed by atoms with Gasteiger partial charge >= 0.3 is 0 Å². The number of fused-ring (bicyclic) bond motifs is 1. The molecular formula is C17H23FN6. The summed E-state index contributed by atoms with van der Waals surface area (Å²) >= 11 is 0. The van der Waals surface area contributed by atoms with Crippen molar-refractivity contribution in [3.8, 4) is 0 Å². The topological polar surface area (TPSA) is 69.7 Å². The van der Waals surface area contributed by atoms with Crippen molar-refractivity contribution in [1.82, 2.24) is 20.2 Å². The third-order valence-electron chi connectivity index (χ3n) is 4.94. The molecule has 1 fully saturated rings. The average molecular weight is 330 g/mol. The molecule has 1 aliphatic heterocycles. The Labute approximate surface area is 140 Å². The zero-order valence-electron chi connectivity index (χ0n) is 13.8. The Morgan fingerprint density at radius 1 is 1.12 bits per heavy atom. The minimum absolute atomic E-state index is 0.351. The molecule has 2 N–H and O–H groups in total. The van der Waals surface area contributed by atoms with Crippen LogP contribution in [0.15, 0.2) is 6.20 Å². The Bertz CT molecular complexity index is 707. The van der Waals surface area contributed by atoms with Crippen LogP contribution >= 0.6 is 0 Å². The first kappa shape index (κ1) is 15.4. The number of nitrogens with one attached hydrogen (secondary N) is 2. The predicted octanol–water partition coefficient (Wildman–Crippen LogP) is 2.82. The Hall–Kier alpha value is -2.18. The minimum atomic E-state index is -0.351. The highest BCUT2D eigenvalue weighted by molar-refractivity contribution is 5.45. The second-order valence-electron chi connectivity index (χ2n) is 6.60. The third-order valence-corrected chi connectivity index (χ3v) is 4.94. The van der Waals surface area contributed by atoms with Gasteiger partial charge in [-0.3, -0.25) is 5.10 Å². The standard InChI is InChI=1S/C17H23FN6/c18-13-10-19-17(21-16(13)24-8-4-5-9-24)20-11-15-12-6-2-1-3-7-14(12)22-23-15/h10H,1-9,11H2,(H,22,23)(H,19,20,21). The van der Waals surface area contributed by atoms with Gasteiger partial charge in [0.1, 0.15) is 0 Å². The monoisotopic (exact) mass is 330 g/mol. The zero-order chi connectivity index (χ0) is 16.4. The molecule has 0 aromatic carbocycles. The van der Waals surface area contributed by atoms with Crippen LogP contribution in [0.25, 0.3) is 0 Å². The van der Waals surface area contributed by atoms with Gasteiger partial charge in [-0.05, 0) is 44.1 Å². The van der Waals surface area contributed by atoms with Crippen molar-refractivity contribution in [3.05, 3.63) is 29.0 Å². The molecule has 2 aromatic heterocycles. The minimum Gasteiger partial charge on any atom is -0.354 e. The molecule has 1 saturated heterocycles. The zero-order valence-corrected chi connectivity index (χ0v) is 13.8. The van der Waals surface area contributed by atoms with Crippen LogP contribution in [0.4, 0.5) is 16.2 Å². The molecular weight excluding hydrogens is 307 g/mol. The number of aromatic nitrogens is 4. The Balaban J connectivity index is 1.48. The van der Waals surface area contributed by atoms with E-state index in [9.17, 15) is 4.39 Å². The van der Waals surface area contributed by atoms with Crippen molar-refractivity contribution in [1.29, 1.82) is 0 Å². The lowest BCUT2D eigenvalue weighted by molar-refractivity contribution is 0.608. The molecule has 2 aromatic rings. The number of H-pyrrole nitrogens is 1. The lowest BCUT2D eigenvalue weighted by atomic mass is 10.1. The number of aryl methyl sites for hydroxylation is 1. The maximum atomic E-state index is 14.0. The van der Waals surface area contributed by atoms with Crippen molar-refractivity contribution in [2.24, 2.45) is 0 Å². The highest BCUT2D eigenvalue weighted by Gasteiger charge is 2.19. The molecule has 0 amide bonds. The van der Waals surface area contributed by atoms with Gasteiger partial charge in [-0.15, -0.1) is 0 Å². The summed E-state index contributed by atoms with van der Waals surface area (Å²) in [5, 5.41) is 10.8. The number of nitrogens with zero attached hydrogens (tertiary/aromatic N) is 4. The molecule has 0 saturated carbocycles. The molecule has 0 radical (unpaired) electrons. The SMILES string of the molecule is Fc1cnc(NCc2n[nH]c3c2CCCCC3)nc1N1CCCC1. The number of hydrogen-bond acceptors (Lipinski definition) is 5. The number of anilines is 2. The van der Waals surface area contributed by atoms with Crippen LogP contribution in [0.1, 0.15) is 49.1 Å². The molecule has 24 heavy (non-hydrogen) atoms. The largest absolute Gasteiger partial charge is 0.354 e. The first-order valence-electron chi connectivity index (χ1n) is 8.87. The molecule has 1 aliphatic carbocycles. The van der Waals surface area contributed by atoms with Crippen LogP contribution in [0.2, 0.25) is 0 Å². The van der Waals surface area contributed by atoms with E-state index in [1.807, 2.05) is 4.90 Å².